The minimum absolute atomic E-state index is 0.0638. The Hall–Kier alpha value is -1.44. The lowest BCUT2D eigenvalue weighted by Crippen LogP contribution is -2.46. The van der Waals surface area contributed by atoms with Gasteiger partial charge in [-0.1, -0.05) is 6.07 Å². The molecular weight excluding hydrogens is 294 g/mol. The SMILES string of the molecule is COc1ccc(CN2CCN(CCO)CC2)cc1OC(F)F. The van der Waals surface area contributed by atoms with Crippen molar-refractivity contribution < 1.29 is 23.4 Å². The molecule has 1 N–H and O–H groups in total. The maximum absolute atomic E-state index is 12.4. The number of hydrogen-bond donors (Lipinski definition) is 1. The third kappa shape index (κ3) is 4.79. The first kappa shape index (κ1) is 16.9. The van der Waals surface area contributed by atoms with Gasteiger partial charge in [-0.15, -0.1) is 0 Å². The molecule has 1 heterocycles. The summed E-state index contributed by atoms with van der Waals surface area (Å²) in [5.74, 6) is 0.366. The van der Waals surface area contributed by atoms with Crippen LogP contribution in [0.25, 0.3) is 0 Å². The van der Waals surface area contributed by atoms with Crippen molar-refractivity contribution in [3.05, 3.63) is 23.8 Å². The molecule has 0 radical (unpaired) electrons. The number of benzene rings is 1. The number of methoxy groups -OCH3 is 1. The standard InChI is InChI=1S/C15H22F2N2O3/c1-21-13-3-2-12(10-14(13)22-15(16)17)11-19-6-4-18(5-7-19)8-9-20/h2-3,10,15,20H,4-9,11H2,1H3. The number of nitrogens with zero attached hydrogens (tertiary/aromatic N) is 2. The molecule has 0 unspecified atom stereocenters. The van der Waals surface area contributed by atoms with Gasteiger partial charge in [0.25, 0.3) is 0 Å². The van der Waals surface area contributed by atoms with Gasteiger partial charge >= 0.3 is 6.61 Å². The van der Waals surface area contributed by atoms with E-state index in [4.69, 9.17) is 9.84 Å². The van der Waals surface area contributed by atoms with Gasteiger partial charge in [0.1, 0.15) is 0 Å². The molecule has 1 aliphatic heterocycles. The lowest BCUT2D eigenvalue weighted by Gasteiger charge is -2.34. The van der Waals surface area contributed by atoms with Gasteiger partial charge in [-0.3, -0.25) is 9.80 Å². The number of hydrogen-bond acceptors (Lipinski definition) is 5. The van der Waals surface area contributed by atoms with E-state index in [1.807, 2.05) is 6.07 Å². The molecule has 0 bridgehead atoms. The molecule has 7 heteroatoms. The van der Waals surface area contributed by atoms with Crippen LogP contribution in [0.5, 0.6) is 11.5 Å². The quantitative estimate of drug-likeness (QED) is 0.824. The second kappa shape index (κ2) is 8.26. The number of rotatable bonds is 7. The van der Waals surface area contributed by atoms with E-state index in [1.165, 1.54) is 7.11 Å². The van der Waals surface area contributed by atoms with Crippen LogP contribution in [0, 0.1) is 0 Å². The van der Waals surface area contributed by atoms with Crippen LogP contribution in [-0.4, -0.2) is 68.0 Å². The lowest BCUT2D eigenvalue weighted by molar-refractivity contribution is -0.0512. The highest BCUT2D eigenvalue weighted by atomic mass is 19.3. The molecule has 0 aliphatic carbocycles. The van der Waals surface area contributed by atoms with Crippen molar-refractivity contribution >= 4 is 0 Å². The summed E-state index contributed by atoms with van der Waals surface area (Å²) in [6.07, 6.45) is 0. The second-order valence-corrected chi connectivity index (χ2v) is 5.21. The summed E-state index contributed by atoms with van der Waals surface area (Å²) < 4.78 is 34.4. The Morgan fingerprint density at radius 1 is 1.14 bits per heavy atom. The fourth-order valence-corrected chi connectivity index (χ4v) is 2.58. The van der Waals surface area contributed by atoms with Crippen LogP contribution in [0.3, 0.4) is 0 Å². The molecule has 2 rings (SSSR count). The number of aliphatic hydroxyl groups is 1. The van der Waals surface area contributed by atoms with Gasteiger partial charge in [0.15, 0.2) is 11.5 Å². The molecule has 22 heavy (non-hydrogen) atoms. The molecule has 0 atom stereocenters. The van der Waals surface area contributed by atoms with Crippen LogP contribution >= 0.6 is 0 Å². The normalized spacial score (nSPS) is 17.0. The van der Waals surface area contributed by atoms with Crippen LogP contribution in [0.15, 0.2) is 18.2 Å². The lowest BCUT2D eigenvalue weighted by atomic mass is 10.1. The van der Waals surface area contributed by atoms with Crippen LogP contribution in [0.4, 0.5) is 8.78 Å². The van der Waals surface area contributed by atoms with Gasteiger partial charge in [0, 0.05) is 39.3 Å². The van der Waals surface area contributed by atoms with Gasteiger partial charge in [0.2, 0.25) is 0 Å². The molecule has 1 aliphatic rings. The highest BCUT2D eigenvalue weighted by Crippen LogP contribution is 2.30. The van der Waals surface area contributed by atoms with Crippen LogP contribution in [0.1, 0.15) is 5.56 Å². The number of β-amino-alcohol motifs (C(OH)–C–C–N with tert-alkyl or cyclic N) is 1. The zero-order chi connectivity index (χ0) is 15.9. The first-order valence-electron chi connectivity index (χ1n) is 7.29. The van der Waals surface area contributed by atoms with Crippen LogP contribution in [-0.2, 0) is 6.54 Å². The van der Waals surface area contributed by atoms with E-state index in [0.29, 0.717) is 18.8 Å². The maximum Gasteiger partial charge on any atom is 0.387 e. The molecule has 0 amide bonds. The molecule has 0 saturated carbocycles. The van der Waals surface area contributed by atoms with Crippen molar-refractivity contribution in [3.8, 4) is 11.5 Å². The highest BCUT2D eigenvalue weighted by molar-refractivity contribution is 5.43. The first-order valence-corrected chi connectivity index (χ1v) is 7.29. The van der Waals surface area contributed by atoms with E-state index in [-0.39, 0.29) is 12.4 Å². The molecule has 1 aromatic carbocycles. The number of aliphatic hydroxyl groups excluding tert-OH is 1. The van der Waals surface area contributed by atoms with Gasteiger partial charge in [0.05, 0.1) is 13.7 Å². The molecule has 1 saturated heterocycles. The average Bonchev–Trinajstić information content (AvgIpc) is 2.49. The second-order valence-electron chi connectivity index (χ2n) is 5.21. The van der Waals surface area contributed by atoms with E-state index in [2.05, 4.69) is 14.5 Å². The molecular formula is C15H22F2N2O3. The molecule has 5 nitrogen and oxygen atoms in total. The smallest absolute Gasteiger partial charge is 0.387 e. The van der Waals surface area contributed by atoms with Gasteiger partial charge < -0.3 is 14.6 Å². The van der Waals surface area contributed by atoms with E-state index in [1.54, 1.807) is 12.1 Å². The number of alkyl halides is 2. The van der Waals surface area contributed by atoms with E-state index >= 15 is 0 Å². The predicted molar refractivity (Wildman–Crippen MR) is 78.4 cm³/mol. The Labute approximate surface area is 129 Å². The van der Waals surface area contributed by atoms with Gasteiger partial charge in [-0.05, 0) is 17.7 Å². The molecule has 1 fully saturated rings. The highest BCUT2D eigenvalue weighted by Gasteiger charge is 2.17. The Balaban J connectivity index is 1.95. The number of halogens is 2. The minimum atomic E-state index is -2.87. The zero-order valence-electron chi connectivity index (χ0n) is 12.7. The van der Waals surface area contributed by atoms with Crippen molar-refractivity contribution in [1.29, 1.82) is 0 Å². The van der Waals surface area contributed by atoms with E-state index in [9.17, 15) is 8.78 Å². The summed E-state index contributed by atoms with van der Waals surface area (Å²) in [7, 11) is 1.42. The third-order valence-corrected chi connectivity index (χ3v) is 3.73. The maximum atomic E-state index is 12.4. The molecule has 124 valence electrons. The summed E-state index contributed by atoms with van der Waals surface area (Å²) in [5.41, 5.74) is 0.909. The van der Waals surface area contributed by atoms with Crippen molar-refractivity contribution in [2.24, 2.45) is 0 Å². The third-order valence-electron chi connectivity index (χ3n) is 3.73. The Kier molecular flexibility index (Phi) is 6.35. The van der Waals surface area contributed by atoms with Crippen molar-refractivity contribution in [3.63, 3.8) is 0 Å². The first-order chi connectivity index (χ1) is 10.6. The van der Waals surface area contributed by atoms with E-state index in [0.717, 1.165) is 31.7 Å². The summed E-state index contributed by atoms with van der Waals surface area (Å²) in [6.45, 7) is 2.25. The zero-order valence-corrected chi connectivity index (χ0v) is 12.7. The topological polar surface area (TPSA) is 45.2 Å². The summed E-state index contributed by atoms with van der Waals surface area (Å²) >= 11 is 0. The number of piperazine rings is 1. The molecule has 0 spiro atoms. The van der Waals surface area contributed by atoms with E-state index < -0.39 is 6.61 Å². The number of ether oxygens (including phenoxy) is 2. The molecule has 0 aromatic heterocycles. The summed E-state index contributed by atoms with van der Waals surface area (Å²) in [5, 5.41) is 8.93. The Morgan fingerprint density at radius 2 is 1.82 bits per heavy atom. The largest absolute Gasteiger partial charge is 0.493 e. The van der Waals surface area contributed by atoms with Gasteiger partial charge in [-0.2, -0.15) is 8.78 Å². The summed E-state index contributed by atoms with van der Waals surface area (Å²) in [6, 6.07) is 5.11. The Morgan fingerprint density at radius 3 is 2.41 bits per heavy atom. The average molecular weight is 316 g/mol. The predicted octanol–water partition coefficient (Wildman–Crippen LogP) is 1.41. The summed E-state index contributed by atoms with van der Waals surface area (Å²) in [4.78, 5) is 4.46. The molecule has 1 aromatic rings. The monoisotopic (exact) mass is 316 g/mol. The van der Waals surface area contributed by atoms with Crippen molar-refractivity contribution in [1.82, 2.24) is 9.80 Å². The van der Waals surface area contributed by atoms with Gasteiger partial charge in [-0.25, -0.2) is 0 Å². The van der Waals surface area contributed by atoms with Crippen LogP contribution < -0.4 is 9.47 Å². The fourth-order valence-electron chi connectivity index (χ4n) is 2.58. The fraction of sp³-hybridized carbons (Fsp3) is 0.600. The minimum Gasteiger partial charge on any atom is -0.493 e. The Bertz CT molecular complexity index is 466. The van der Waals surface area contributed by atoms with Crippen LogP contribution in [0.2, 0.25) is 0 Å². The van der Waals surface area contributed by atoms with Crippen molar-refractivity contribution in [2.45, 2.75) is 13.2 Å². The van der Waals surface area contributed by atoms with Crippen molar-refractivity contribution in [2.75, 3.05) is 46.4 Å².